The maximum atomic E-state index is 12.6. The smallest absolute Gasteiger partial charge is 0.251 e. The standard InChI is InChI=1S/C20H24N2O5S/c1-2-27-18-5-3-4-16(14-18)15-21-20(23)17-6-8-19(9-7-17)28(24,25)22-10-12-26-13-11-22/h3-9,14H,2,10-13,15H2,1H3,(H,21,23). The fourth-order valence-electron chi connectivity index (χ4n) is 2.91. The molecule has 1 amide bonds. The second-order valence-corrected chi connectivity index (χ2v) is 8.24. The minimum Gasteiger partial charge on any atom is -0.494 e. The summed E-state index contributed by atoms with van der Waals surface area (Å²) in [4.78, 5) is 12.5. The number of amides is 1. The van der Waals surface area contributed by atoms with Gasteiger partial charge in [0.1, 0.15) is 5.75 Å². The molecule has 1 fully saturated rings. The van der Waals surface area contributed by atoms with Gasteiger partial charge in [0.15, 0.2) is 0 Å². The van der Waals surface area contributed by atoms with Crippen molar-refractivity contribution in [2.24, 2.45) is 0 Å². The molecule has 0 spiro atoms. The van der Waals surface area contributed by atoms with Crippen molar-refractivity contribution in [3.63, 3.8) is 0 Å². The van der Waals surface area contributed by atoms with Gasteiger partial charge in [0.25, 0.3) is 5.91 Å². The molecule has 1 heterocycles. The topological polar surface area (TPSA) is 84.9 Å². The zero-order chi connectivity index (χ0) is 20.0. The van der Waals surface area contributed by atoms with Crippen LogP contribution in [0.3, 0.4) is 0 Å². The van der Waals surface area contributed by atoms with E-state index in [0.717, 1.165) is 11.3 Å². The number of carbonyl (C=O) groups is 1. The quantitative estimate of drug-likeness (QED) is 0.763. The molecule has 28 heavy (non-hydrogen) atoms. The van der Waals surface area contributed by atoms with Crippen LogP contribution in [0.5, 0.6) is 5.75 Å². The third-order valence-corrected chi connectivity index (χ3v) is 6.30. The molecule has 1 N–H and O–H groups in total. The number of rotatable bonds is 7. The zero-order valence-corrected chi connectivity index (χ0v) is 16.6. The summed E-state index contributed by atoms with van der Waals surface area (Å²) in [5, 5.41) is 2.84. The number of benzene rings is 2. The first-order chi connectivity index (χ1) is 13.5. The second kappa shape index (κ2) is 9.18. The Kier molecular flexibility index (Phi) is 6.66. The van der Waals surface area contributed by atoms with Crippen LogP contribution in [-0.4, -0.2) is 51.5 Å². The van der Waals surface area contributed by atoms with E-state index in [1.807, 2.05) is 31.2 Å². The van der Waals surface area contributed by atoms with Gasteiger partial charge in [-0.05, 0) is 48.9 Å². The number of nitrogens with zero attached hydrogens (tertiary/aromatic N) is 1. The molecular weight excluding hydrogens is 380 g/mol. The third-order valence-electron chi connectivity index (χ3n) is 4.39. The molecule has 1 aliphatic heterocycles. The molecule has 0 saturated carbocycles. The maximum absolute atomic E-state index is 12.6. The summed E-state index contributed by atoms with van der Waals surface area (Å²) in [5.74, 6) is 0.490. The van der Waals surface area contributed by atoms with E-state index in [1.54, 1.807) is 0 Å². The van der Waals surface area contributed by atoms with Crippen LogP contribution >= 0.6 is 0 Å². The van der Waals surface area contributed by atoms with Gasteiger partial charge in [0.05, 0.1) is 24.7 Å². The molecule has 2 aromatic rings. The molecule has 0 atom stereocenters. The van der Waals surface area contributed by atoms with Crippen molar-refractivity contribution in [1.29, 1.82) is 0 Å². The van der Waals surface area contributed by atoms with Crippen LogP contribution in [0.25, 0.3) is 0 Å². The van der Waals surface area contributed by atoms with E-state index >= 15 is 0 Å². The first-order valence-electron chi connectivity index (χ1n) is 9.18. The lowest BCUT2D eigenvalue weighted by atomic mass is 10.2. The SMILES string of the molecule is CCOc1cccc(CNC(=O)c2ccc(S(=O)(=O)N3CCOCC3)cc2)c1. The number of sulfonamides is 1. The van der Waals surface area contributed by atoms with Crippen molar-refractivity contribution in [2.75, 3.05) is 32.9 Å². The van der Waals surface area contributed by atoms with Crippen LogP contribution in [0.4, 0.5) is 0 Å². The van der Waals surface area contributed by atoms with E-state index in [0.29, 0.717) is 45.0 Å². The molecule has 1 saturated heterocycles. The summed E-state index contributed by atoms with van der Waals surface area (Å²) in [5.41, 5.74) is 1.33. The van der Waals surface area contributed by atoms with Gasteiger partial charge in [-0.3, -0.25) is 4.79 Å². The fraction of sp³-hybridized carbons (Fsp3) is 0.350. The van der Waals surface area contributed by atoms with E-state index in [1.165, 1.54) is 28.6 Å². The van der Waals surface area contributed by atoms with Crippen LogP contribution in [0.15, 0.2) is 53.4 Å². The Bertz CT molecular complexity index is 906. The highest BCUT2D eigenvalue weighted by Gasteiger charge is 2.26. The first-order valence-corrected chi connectivity index (χ1v) is 10.6. The lowest BCUT2D eigenvalue weighted by Crippen LogP contribution is -2.40. The second-order valence-electron chi connectivity index (χ2n) is 6.30. The lowest BCUT2D eigenvalue weighted by Gasteiger charge is -2.26. The fourth-order valence-corrected chi connectivity index (χ4v) is 4.32. The van der Waals surface area contributed by atoms with Crippen molar-refractivity contribution in [1.82, 2.24) is 9.62 Å². The molecule has 0 bridgehead atoms. The van der Waals surface area contributed by atoms with Crippen LogP contribution < -0.4 is 10.1 Å². The maximum Gasteiger partial charge on any atom is 0.251 e. The Morgan fingerprint density at radius 3 is 2.54 bits per heavy atom. The summed E-state index contributed by atoms with van der Waals surface area (Å²) in [6.07, 6.45) is 0. The highest BCUT2D eigenvalue weighted by atomic mass is 32.2. The molecule has 0 unspecified atom stereocenters. The Labute approximate surface area is 165 Å². The average Bonchev–Trinajstić information content (AvgIpc) is 2.73. The number of hydrogen-bond donors (Lipinski definition) is 1. The van der Waals surface area contributed by atoms with Crippen molar-refractivity contribution in [2.45, 2.75) is 18.4 Å². The molecule has 0 aromatic heterocycles. The number of nitrogens with one attached hydrogen (secondary N) is 1. The first kappa shape index (κ1) is 20.3. The molecule has 7 nitrogen and oxygen atoms in total. The van der Waals surface area contributed by atoms with E-state index < -0.39 is 10.0 Å². The van der Waals surface area contributed by atoms with Gasteiger partial charge in [-0.2, -0.15) is 4.31 Å². The monoisotopic (exact) mass is 404 g/mol. The van der Waals surface area contributed by atoms with Crippen molar-refractivity contribution in [3.8, 4) is 5.75 Å². The van der Waals surface area contributed by atoms with E-state index in [-0.39, 0.29) is 10.8 Å². The predicted octanol–water partition coefficient (Wildman–Crippen LogP) is 2.04. The van der Waals surface area contributed by atoms with Crippen LogP contribution in [0.1, 0.15) is 22.8 Å². The number of ether oxygens (including phenoxy) is 2. The summed E-state index contributed by atoms with van der Waals surface area (Å²) < 4.78 is 37.3. The third kappa shape index (κ3) is 4.89. The van der Waals surface area contributed by atoms with Crippen molar-refractivity contribution < 1.29 is 22.7 Å². The molecule has 0 radical (unpaired) electrons. The highest BCUT2D eigenvalue weighted by molar-refractivity contribution is 7.89. The van der Waals surface area contributed by atoms with Crippen LogP contribution in [0, 0.1) is 0 Å². The van der Waals surface area contributed by atoms with E-state index in [4.69, 9.17) is 9.47 Å². The number of hydrogen-bond acceptors (Lipinski definition) is 5. The Balaban J connectivity index is 1.63. The Morgan fingerprint density at radius 2 is 1.86 bits per heavy atom. The number of carbonyl (C=O) groups excluding carboxylic acids is 1. The zero-order valence-electron chi connectivity index (χ0n) is 15.8. The van der Waals surface area contributed by atoms with Gasteiger partial charge in [-0.1, -0.05) is 12.1 Å². The molecule has 1 aliphatic rings. The van der Waals surface area contributed by atoms with Crippen LogP contribution in [-0.2, 0) is 21.3 Å². The van der Waals surface area contributed by atoms with E-state index in [2.05, 4.69) is 5.32 Å². The minimum atomic E-state index is -3.56. The van der Waals surface area contributed by atoms with Gasteiger partial charge in [0.2, 0.25) is 10.0 Å². The molecule has 3 rings (SSSR count). The Morgan fingerprint density at radius 1 is 1.14 bits per heavy atom. The summed E-state index contributed by atoms with van der Waals surface area (Å²) in [7, 11) is -3.56. The molecule has 150 valence electrons. The lowest BCUT2D eigenvalue weighted by molar-refractivity contribution is 0.0730. The normalized spacial score (nSPS) is 15.2. The van der Waals surface area contributed by atoms with Gasteiger partial charge in [-0.25, -0.2) is 8.42 Å². The summed E-state index contributed by atoms with van der Waals surface area (Å²) in [6, 6.07) is 13.5. The van der Waals surface area contributed by atoms with Crippen LogP contribution in [0.2, 0.25) is 0 Å². The molecule has 0 aliphatic carbocycles. The predicted molar refractivity (Wildman–Crippen MR) is 105 cm³/mol. The largest absolute Gasteiger partial charge is 0.494 e. The molecule has 8 heteroatoms. The van der Waals surface area contributed by atoms with Crippen molar-refractivity contribution in [3.05, 3.63) is 59.7 Å². The average molecular weight is 404 g/mol. The molecular formula is C20H24N2O5S. The molecule has 2 aromatic carbocycles. The van der Waals surface area contributed by atoms with Gasteiger partial charge >= 0.3 is 0 Å². The van der Waals surface area contributed by atoms with Crippen molar-refractivity contribution >= 4 is 15.9 Å². The van der Waals surface area contributed by atoms with Gasteiger partial charge in [-0.15, -0.1) is 0 Å². The highest BCUT2D eigenvalue weighted by Crippen LogP contribution is 2.18. The summed E-state index contributed by atoms with van der Waals surface area (Å²) >= 11 is 0. The van der Waals surface area contributed by atoms with Gasteiger partial charge in [0, 0.05) is 25.2 Å². The van der Waals surface area contributed by atoms with Gasteiger partial charge < -0.3 is 14.8 Å². The minimum absolute atomic E-state index is 0.176. The summed E-state index contributed by atoms with van der Waals surface area (Å²) in [6.45, 7) is 4.31. The van der Waals surface area contributed by atoms with E-state index in [9.17, 15) is 13.2 Å². The Hall–Kier alpha value is -2.42. The number of morpholine rings is 1.